The van der Waals surface area contributed by atoms with Gasteiger partial charge < -0.3 is 4.90 Å². The van der Waals surface area contributed by atoms with E-state index in [0.717, 1.165) is 17.1 Å². The Morgan fingerprint density at radius 2 is 0.610 bits per heavy atom. The van der Waals surface area contributed by atoms with Crippen LogP contribution in [0.4, 0.5) is 17.1 Å². The van der Waals surface area contributed by atoms with E-state index in [-0.39, 0.29) is 0 Å². The first-order valence-electron chi connectivity index (χ1n) is 20.3. The second-order valence-corrected chi connectivity index (χ2v) is 14.9. The van der Waals surface area contributed by atoms with E-state index in [2.05, 4.69) is 254 Å². The minimum Gasteiger partial charge on any atom is -0.310 e. The summed E-state index contributed by atoms with van der Waals surface area (Å²) >= 11 is 0. The first kappa shape index (κ1) is 35.7. The third kappa shape index (κ3) is 7.23. The van der Waals surface area contributed by atoms with Crippen molar-refractivity contribution in [3.8, 4) is 66.8 Å². The van der Waals surface area contributed by atoms with Gasteiger partial charge in [0.25, 0.3) is 0 Å². The molecule has 10 aromatic carbocycles. The molecule has 59 heavy (non-hydrogen) atoms. The predicted molar refractivity (Wildman–Crippen MR) is 251 cm³/mol. The highest BCUT2D eigenvalue weighted by molar-refractivity contribution is 6.01. The summed E-state index contributed by atoms with van der Waals surface area (Å²) in [6.07, 6.45) is 0. The van der Waals surface area contributed by atoms with Gasteiger partial charge in [-0.2, -0.15) is 0 Å². The van der Waals surface area contributed by atoms with Crippen molar-refractivity contribution in [3.05, 3.63) is 249 Å². The van der Waals surface area contributed by atoms with E-state index in [1.807, 2.05) is 0 Å². The average Bonchev–Trinajstić information content (AvgIpc) is 3.33. The molecule has 0 spiro atoms. The Balaban J connectivity index is 1.14. The largest absolute Gasteiger partial charge is 0.310 e. The zero-order valence-corrected chi connectivity index (χ0v) is 32.6. The van der Waals surface area contributed by atoms with Gasteiger partial charge in [0.15, 0.2) is 0 Å². The zero-order chi connectivity index (χ0) is 39.4. The Hall–Kier alpha value is -7.74. The molecule has 0 aliphatic heterocycles. The molecule has 0 bridgehead atoms. The van der Waals surface area contributed by atoms with Gasteiger partial charge in [0.2, 0.25) is 0 Å². The highest BCUT2D eigenvalue weighted by Gasteiger charge is 2.23. The monoisotopic (exact) mass is 751 g/mol. The minimum absolute atomic E-state index is 1.08. The lowest BCUT2D eigenvalue weighted by Crippen LogP contribution is -2.12. The molecule has 0 radical (unpaired) electrons. The van der Waals surface area contributed by atoms with E-state index in [1.54, 1.807) is 0 Å². The van der Waals surface area contributed by atoms with E-state index in [1.165, 1.54) is 77.5 Å². The summed E-state index contributed by atoms with van der Waals surface area (Å²) in [5.41, 5.74) is 17.5. The van der Waals surface area contributed by atoms with Crippen molar-refractivity contribution in [1.82, 2.24) is 0 Å². The van der Waals surface area contributed by atoms with Crippen LogP contribution in [0.3, 0.4) is 0 Å². The number of fused-ring (bicyclic) bond motifs is 1. The molecule has 0 saturated heterocycles. The van der Waals surface area contributed by atoms with Crippen LogP contribution in [0.2, 0.25) is 0 Å². The molecule has 0 heterocycles. The summed E-state index contributed by atoms with van der Waals surface area (Å²) in [4.78, 5) is 2.43. The number of hydrogen-bond acceptors (Lipinski definition) is 1. The third-order valence-corrected chi connectivity index (χ3v) is 11.3. The molecular formula is C58H41N. The van der Waals surface area contributed by atoms with Crippen molar-refractivity contribution in [3.63, 3.8) is 0 Å². The molecule has 1 heteroatoms. The molecule has 0 fully saturated rings. The highest BCUT2D eigenvalue weighted by atomic mass is 15.1. The predicted octanol–water partition coefficient (Wildman–Crippen LogP) is 16.3. The van der Waals surface area contributed by atoms with Crippen LogP contribution in [-0.2, 0) is 0 Å². The number of rotatable bonds is 9. The van der Waals surface area contributed by atoms with Crippen molar-refractivity contribution in [2.45, 2.75) is 0 Å². The maximum Gasteiger partial charge on any atom is 0.0546 e. The maximum absolute atomic E-state index is 2.43. The molecule has 10 rings (SSSR count). The lowest BCUT2D eigenvalue weighted by Gasteiger charge is -2.30. The van der Waals surface area contributed by atoms with Crippen LogP contribution in [0.1, 0.15) is 0 Å². The Kier molecular flexibility index (Phi) is 9.68. The molecule has 0 aliphatic rings. The van der Waals surface area contributed by atoms with Crippen LogP contribution in [0, 0.1) is 0 Å². The summed E-state index contributed by atoms with van der Waals surface area (Å²) in [5, 5.41) is 2.49. The summed E-state index contributed by atoms with van der Waals surface area (Å²) in [6.45, 7) is 0. The number of benzene rings is 10. The van der Waals surface area contributed by atoms with E-state index in [4.69, 9.17) is 0 Å². The number of anilines is 3. The van der Waals surface area contributed by atoms with Gasteiger partial charge in [0.1, 0.15) is 0 Å². The van der Waals surface area contributed by atoms with Crippen LogP contribution in [0.5, 0.6) is 0 Å². The van der Waals surface area contributed by atoms with E-state index in [0.29, 0.717) is 0 Å². The van der Waals surface area contributed by atoms with Crippen LogP contribution in [0.15, 0.2) is 249 Å². The Labute approximate surface area is 346 Å². The fourth-order valence-electron chi connectivity index (χ4n) is 8.33. The highest BCUT2D eigenvalue weighted by Crippen LogP contribution is 2.48. The van der Waals surface area contributed by atoms with E-state index >= 15 is 0 Å². The molecule has 0 unspecified atom stereocenters. The average molecular weight is 752 g/mol. The molecule has 0 aliphatic carbocycles. The van der Waals surface area contributed by atoms with Gasteiger partial charge in [-0.15, -0.1) is 0 Å². The molecule has 10 aromatic rings. The van der Waals surface area contributed by atoms with Crippen molar-refractivity contribution in [2.75, 3.05) is 4.90 Å². The lowest BCUT2D eigenvalue weighted by molar-refractivity contribution is 1.28. The fraction of sp³-hybridized carbons (Fsp3) is 0. The summed E-state index contributed by atoms with van der Waals surface area (Å²) in [6, 6.07) is 89.9. The quantitative estimate of drug-likeness (QED) is 0.142. The normalized spacial score (nSPS) is 11.1. The van der Waals surface area contributed by atoms with Gasteiger partial charge in [-0.1, -0.05) is 212 Å². The SMILES string of the molecule is c1ccc(-c2ccc(-c3ccc(N(c4ccc(-c5ccc6ccccc6c5)cc4)c4cccc(-c5ccccc5)c4-c4ccccc4-c4ccccc4)cc3)cc2)cc1. The van der Waals surface area contributed by atoms with Crippen LogP contribution < -0.4 is 4.90 Å². The molecule has 1 nitrogen and oxygen atoms in total. The molecule has 0 aromatic heterocycles. The molecule has 278 valence electrons. The summed E-state index contributed by atoms with van der Waals surface area (Å²) in [7, 11) is 0. The van der Waals surface area contributed by atoms with Gasteiger partial charge in [-0.05, 0) is 108 Å². The Morgan fingerprint density at radius 3 is 1.19 bits per heavy atom. The lowest BCUT2D eigenvalue weighted by atomic mass is 9.87. The number of hydrogen-bond donors (Lipinski definition) is 0. The van der Waals surface area contributed by atoms with Gasteiger partial charge in [-0.3, -0.25) is 0 Å². The smallest absolute Gasteiger partial charge is 0.0546 e. The van der Waals surface area contributed by atoms with Gasteiger partial charge in [0, 0.05) is 16.9 Å². The third-order valence-electron chi connectivity index (χ3n) is 11.3. The summed E-state index contributed by atoms with van der Waals surface area (Å²) in [5.74, 6) is 0. The molecule has 0 atom stereocenters. The van der Waals surface area contributed by atoms with Gasteiger partial charge >= 0.3 is 0 Å². The van der Waals surface area contributed by atoms with Crippen molar-refractivity contribution < 1.29 is 0 Å². The van der Waals surface area contributed by atoms with E-state index < -0.39 is 0 Å². The standard InChI is InChI=1S/C58H41N/c1-4-15-42(16-5-1)44-27-29-45(30-28-44)46-33-37-52(38-34-46)59(53-39-35-47(36-40-53)51-32-31-43-17-10-11-22-50(43)41-51)57-26-14-25-55(49-20-8-3-9-21-49)58(57)56-24-13-12-23-54(56)48-18-6-2-7-19-48/h1-41H. The minimum atomic E-state index is 1.08. The molecular weight excluding hydrogens is 711 g/mol. The molecule has 0 amide bonds. The zero-order valence-electron chi connectivity index (χ0n) is 32.6. The van der Waals surface area contributed by atoms with E-state index in [9.17, 15) is 0 Å². The van der Waals surface area contributed by atoms with Gasteiger partial charge in [-0.25, -0.2) is 0 Å². The van der Waals surface area contributed by atoms with Gasteiger partial charge in [0.05, 0.1) is 5.69 Å². The summed E-state index contributed by atoms with van der Waals surface area (Å²) < 4.78 is 0. The van der Waals surface area contributed by atoms with Crippen molar-refractivity contribution in [1.29, 1.82) is 0 Å². The van der Waals surface area contributed by atoms with Crippen molar-refractivity contribution >= 4 is 27.8 Å². The second-order valence-electron chi connectivity index (χ2n) is 14.9. The maximum atomic E-state index is 2.43. The van der Waals surface area contributed by atoms with Crippen LogP contribution >= 0.6 is 0 Å². The second kappa shape index (κ2) is 16.0. The Bertz CT molecular complexity index is 2990. The topological polar surface area (TPSA) is 3.24 Å². The molecule has 0 saturated carbocycles. The fourth-order valence-corrected chi connectivity index (χ4v) is 8.33. The first-order valence-corrected chi connectivity index (χ1v) is 20.3. The first-order chi connectivity index (χ1) is 29.3. The van der Waals surface area contributed by atoms with Crippen molar-refractivity contribution in [2.24, 2.45) is 0 Å². The number of nitrogens with zero attached hydrogens (tertiary/aromatic N) is 1. The Morgan fingerprint density at radius 1 is 0.220 bits per heavy atom. The van der Waals surface area contributed by atoms with Crippen LogP contribution in [-0.4, -0.2) is 0 Å². The van der Waals surface area contributed by atoms with Crippen LogP contribution in [0.25, 0.3) is 77.5 Å². The molecule has 0 N–H and O–H groups in total.